The van der Waals surface area contributed by atoms with Gasteiger partial charge in [-0.05, 0) is 124 Å². The molecular weight excluding hydrogens is 1000 g/mol. The molecule has 4 aromatic heterocycles. The van der Waals surface area contributed by atoms with Crippen LogP contribution in [0.15, 0.2) is 85.2 Å². The Balaban J connectivity index is 0.000000139. The van der Waals surface area contributed by atoms with Crippen molar-refractivity contribution < 1.29 is 33.8 Å². The molecule has 0 atom stereocenters. The number of rotatable bonds is 6. The van der Waals surface area contributed by atoms with Gasteiger partial charge >= 0.3 is 11.9 Å². The van der Waals surface area contributed by atoms with Crippen LogP contribution < -0.4 is 0 Å². The van der Waals surface area contributed by atoms with Crippen LogP contribution in [0.4, 0.5) is 0 Å². The number of benzene rings is 4. The van der Waals surface area contributed by atoms with E-state index in [2.05, 4.69) is 73.1 Å². The lowest BCUT2D eigenvalue weighted by atomic mass is 9.81. The topological polar surface area (TPSA) is 133 Å². The number of amides is 2. The number of aryl methyl sites for hydroxylation is 4. The number of ether oxygens (including phenoxy) is 2. The Labute approximate surface area is 468 Å². The monoisotopic (exact) mass is 1080 g/mol. The zero-order valence-corrected chi connectivity index (χ0v) is 46.6. The summed E-state index contributed by atoms with van der Waals surface area (Å²) in [5.74, 6) is 0.0922. The van der Waals surface area contributed by atoms with Gasteiger partial charge in [0.15, 0.2) is 0 Å². The number of fused-ring (bicyclic) bond motifs is 8. The van der Waals surface area contributed by atoms with Gasteiger partial charge in [0.2, 0.25) is 0 Å². The largest absolute Gasteiger partial charge is 0.478 e. The molecule has 3 saturated heterocycles. The van der Waals surface area contributed by atoms with Gasteiger partial charge < -0.3 is 42.6 Å². The number of hydrogen-bond donors (Lipinski definition) is 1. The second-order valence-corrected chi connectivity index (χ2v) is 23.7. The highest BCUT2D eigenvalue weighted by molar-refractivity contribution is 6.13. The molecule has 2 aliphatic carbocycles. The van der Waals surface area contributed by atoms with Crippen molar-refractivity contribution in [2.45, 2.75) is 154 Å². The van der Waals surface area contributed by atoms with Crippen molar-refractivity contribution in [1.29, 1.82) is 0 Å². The number of carbonyl (C=O) groups is 4. The number of likely N-dealkylation sites (tertiary alicyclic amines) is 2. The zero-order valence-electron chi connectivity index (χ0n) is 46.6. The number of esters is 1. The van der Waals surface area contributed by atoms with Crippen molar-refractivity contribution in [2.75, 3.05) is 46.5 Å². The van der Waals surface area contributed by atoms with Gasteiger partial charge in [0.25, 0.3) is 11.8 Å². The minimum Gasteiger partial charge on any atom is -0.478 e. The van der Waals surface area contributed by atoms with E-state index in [9.17, 15) is 24.3 Å². The van der Waals surface area contributed by atoms with Gasteiger partial charge in [-0.15, -0.1) is 0 Å². The van der Waals surface area contributed by atoms with E-state index < -0.39 is 5.97 Å². The molecule has 0 spiro atoms. The summed E-state index contributed by atoms with van der Waals surface area (Å²) in [6.45, 7) is 8.78. The molecule has 80 heavy (non-hydrogen) atoms. The zero-order chi connectivity index (χ0) is 54.4. The van der Waals surface area contributed by atoms with Gasteiger partial charge in [-0.3, -0.25) is 9.59 Å². The molecule has 0 radical (unpaired) electrons. The average molecular weight is 1080 g/mol. The summed E-state index contributed by atoms with van der Waals surface area (Å²) < 4.78 is 19.5. The molecule has 1 N–H and O–H groups in total. The smallest absolute Gasteiger partial charge is 0.337 e. The lowest BCUT2D eigenvalue weighted by molar-refractivity contribution is 0.0599. The maximum Gasteiger partial charge on any atom is 0.337 e. The highest BCUT2D eigenvalue weighted by Crippen LogP contribution is 2.49. The van der Waals surface area contributed by atoms with E-state index in [0.29, 0.717) is 23.0 Å². The first kappa shape index (κ1) is 52.3. The van der Waals surface area contributed by atoms with Crippen molar-refractivity contribution in [3.8, 4) is 22.5 Å². The second-order valence-electron chi connectivity index (χ2n) is 23.7. The quantitative estimate of drug-likeness (QED) is 0.164. The molecule has 7 aliphatic rings. The molecule has 5 aliphatic heterocycles. The summed E-state index contributed by atoms with van der Waals surface area (Å²) in [5.41, 5.74) is 14.7. The molecule has 5 fully saturated rings. The van der Waals surface area contributed by atoms with Gasteiger partial charge in [0, 0.05) is 122 Å². The lowest BCUT2D eigenvalue weighted by Gasteiger charge is -2.25. The molecule has 13 heteroatoms. The minimum atomic E-state index is -0.886. The number of hydrogen-bond acceptors (Lipinski definition) is 6. The second kappa shape index (κ2) is 22.4. The summed E-state index contributed by atoms with van der Waals surface area (Å²) in [6, 6.07) is 24.7. The predicted octanol–water partition coefficient (Wildman–Crippen LogP) is 14.2. The molecule has 15 rings (SSSR count). The van der Waals surface area contributed by atoms with Crippen molar-refractivity contribution in [2.24, 2.45) is 0 Å². The molecule has 8 aromatic rings. The standard InChI is InChI=1S/C32H35N3O3.C31H33N3O3.C4H8O/c1-38-32(37)22-13-14-24-27(19-22)35-18-8-17-34-20-26(31(36)33-15-5-6-16-33)23-11-7-12-25(29(23)34)30(35)28(24)21-9-3-2-4-10-21;35-30(32-14-4-5-15-32)25-19-33-16-7-17-34-26-18-21(31(36)37)12-13-23(26)27(20-8-2-1-3-9-20)29(34)24-11-6-10-22(25)28(24)33;1-2-4-5-3-1/h7,11-14,19-21H,2-6,8-10,15-18H2,1H3;6,10-13,18-20H,1-5,7-9,14-17H2,(H,36,37);1-4H2. The van der Waals surface area contributed by atoms with Gasteiger partial charge in [-0.2, -0.15) is 0 Å². The Hall–Kier alpha value is -7.12. The first-order valence-corrected chi connectivity index (χ1v) is 30.3. The van der Waals surface area contributed by atoms with Crippen LogP contribution in [-0.2, 0) is 35.7 Å². The maximum atomic E-state index is 13.6. The van der Waals surface area contributed by atoms with Crippen LogP contribution in [-0.4, -0.2) is 103 Å². The van der Waals surface area contributed by atoms with Crippen LogP contribution in [0.2, 0.25) is 0 Å². The average Bonchev–Trinajstić information content (AvgIpc) is 4.42. The molecule has 2 amide bonds. The Morgan fingerprint density at radius 3 is 1.36 bits per heavy atom. The van der Waals surface area contributed by atoms with Crippen LogP contribution >= 0.6 is 0 Å². The van der Waals surface area contributed by atoms with E-state index in [1.807, 2.05) is 34.1 Å². The Morgan fingerprint density at radius 1 is 0.487 bits per heavy atom. The van der Waals surface area contributed by atoms with E-state index in [1.54, 1.807) is 6.07 Å². The molecule has 0 bridgehead atoms. The highest BCUT2D eigenvalue weighted by atomic mass is 16.5. The predicted molar refractivity (Wildman–Crippen MR) is 315 cm³/mol. The number of aromatic nitrogens is 4. The molecular formula is C67H76N6O7. The fourth-order valence-corrected chi connectivity index (χ4v) is 15.1. The van der Waals surface area contributed by atoms with E-state index in [1.165, 1.54) is 134 Å². The van der Waals surface area contributed by atoms with Gasteiger partial charge in [0.05, 0.1) is 51.8 Å². The molecule has 0 unspecified atom stereocenters. The molecule has 9 heterocycles. The summed E-state index contributed by atoms with van der Waals surface area (Å²) in [7, 11) is 1.44. The molecule has 2 saturated carbocycles. The Morgan fingerprint density at radius 2 is 0.938 bits per heavy atom. The fourth-order valence-electron chi connectivity index (χ4n) is 15.1. The van der Waals surface area contributed by atoms with Gasteiger partial charge in [0.1, 0.15) is 0 Å². The number of carboxylic acid groups (broad SMARTS) is 1. The van der Waals surface area contributed by atoms with Crippen LogP contribution in [0.25, 0.3) is 66.1 Å². The number of methoxy groups -OCH3 is 1. The number of carboxylic acids is 1. The van der Waals surface area contributed by atoms with Gasteiger partial charge in [-0.25, -0.2) is 9.59 Å². The first-order chi connectivity index (χ1) is 39.3. The van der Waals surface area contributed by atoms with Crippen molar-refractivity contribution in [1.82, 2.24) is 28.1 Å². The minimum absolute atomic E-state index is 0.150. The summed E-state index contributed by atoms with van der Waals surface area (Å²) in [4.78, 5) is 55.5. The number of aromatic carboxylic acids is 1. The SMILES string of the molecule is C1CCOC1.COC(=O)c1ccc2c(C3CCCCC3)c3n(c2c1)CCCn1cc(C(=O)N2CCCC2)c2cccc-3c21.O=C(O)c1ccc2c(C3CCCCC3)c3n(c2c1)CCCn1cc(C(=O)N2CCCC2)c2cccc-3c21. The van der Waals surface area contributed by atoms with E-state index in [0.717, 1.165) is 143 Å². The number of para-hydroxylation sites is 2. The summed E-state index contributed by atoms with van der Waals surface area (Å²) in [6.07, 6.45) is 25.3. The third-order valence-electron chi connectivity index (χ3n) is 18.8. The van der Waals surface area contributed by atoms with Crippen molar-refractivity contribution in [3.05, 3.63) is 119 Å². The van der Waals surface area contributed by atoms with Crippen molar-refractivity contribution in [3.63, 3.8) is 0 Å². The van der Waals surface area contributed by atoms with E-state index >= 15 is 0 Å². The maximum absolute atomic E-state index is 13.6. The third kappa shape index (κ3) is 9.40. The third-order valence-corrected chi connectivity index (χ3v) is 18.8. The van der Waals surface area contributed by atoms with Crippen LogP contribution in [0, 0.1) is 0 Å². The van der Waals surface area contributed by atoms with Crippen LogP contribution in [0.3, 0.4) is 0 Å². The first-order valence-electron chi connectivity index (χ1n) is 30.3. The fraction of sp³-hybridized carbons (Fsp3) is 0.463. The van der Waals surface area contributed by atoms with Crippen LogP contribution in [0.1, 0.15) is 180 Å². The van der Waals surface area contributed by atoms with E-state index in [4.69, 9.17) is 9.47 Å². The number of carbonyl (C=O) groups excluding carboxylic acids is 3. The summed E-state index contributed by atoms with van der Waals surface area (Å²) in [5, 5.41) is 14.3. The molecule has 416 valence electrons. The summed E-state index contributed by atoms with van der Waals surface area (Å²) >= 11 is 0. The van der Waals surface area contributed by atoms with Crippen LogP contribution in [0.5, 0.6) is 0 Å². The Kier molecular flexibility index (Phi) is 14.7. The van der Waals surface area contributed by atoms with E-state index in [-0.39, 0.29) is 17.8 Å². The van der Waals surface area contributed by atoms with Gasteiger partial charge in [-0.1, -0.05) is 87.1 Å². The lowest BCUT2D eigenvalue weighted by Crippen LogP contribution is -2.27. The van der Waals surface area contributed by atoms with Crippen molar-refractivity contribution >= 4 is 67.4 Å². The number of nitrogens with zero attached hydrogens (tertiary/aromatic N) is 6. The molecule has 4 aromatic carbocycles. The highest BCUT2D eigenvalue weighted by Gasteiger charge is 2.34. The Bertz CT molecular complexity index is 3670. The normalized spacial score (nSPS) is 18.5. The molecule has 13 nitrogen and oxygen atoms in total.